The van der Waals surface area contributed by atoms with Gasteiger partial charge < -0.3 is 20.1 Å². The predicted molar refractivity (Wildman–Crippen MR) is 74.6 cm³/mol. The van der Waals surface area contributed by atoms with E-state index in [9.17, 15) is 9.59 Å². The minimum Gasteiger partial charge on any atom is -0.493 e. The van der Waals surface area contributed by atoms with Crippen molar-refractivity contribution in [3.63, 3.8) is 0 Å². The molecule has 0 radical (unpaired) electrons. The summed E-state index contributed by atoms with van der Waals surface area (Å²) in [6, 6.07) is 5.25. The van der Waals surface area contributed by atoms with E-state index in [1.165, 1.54) is 13.2 Å². The molecule has 0 spiro atoms. The molecular weight excluding hydrogens is 260 g/mol. The Hall–Kier alpha value is -2.50. The van der Waals surface area contributed by atoms with Crippen molar-refractivity contribution in [3.05, 3.63) is 36.4 Å². The summed E-state index contributed by atoms with van der Waals surface area (Å²) in [6.07, 6.45) is 1.50. The lowest BCUT2D eigenvalue weighted by atomic mass is 10.2. The fourth-order valence-corrected chi connectivity index (χ4v) is 1.50. The summed E-state index contributed by atoms with van der Waals surface area (Å²) in [5, 5.41) is 4.91. The number of hydrogen-bond acceptors (Lipinski definition) is 4. The van der Waals surface area contributed by atoms with Crippen LogP contribution in [0.4, 0.5) is 0 Å². The smallest absolute Gasteiger partial charge is 0.309 e. The Morgan fingerprint density at radius 3 is 2.40 bits per heavy atom. The first-order chi connectivity index (χ1) is 9.62. The van der Waals surface area contributed by atoms with Gasteiger partial charge in [-0.1, -0.05) is 12.1 Å². The summed E-state index contributed by atoms with van der Waals surface area (Å²) in [4.78, 5) is 22.8. The molecule has 0 atom stereocenters. The second kappa shape index (κ2) is 7.83. The van der Waals surface area contributed by atoms with Crippen LogP contribution in [0.25, 0.3) is 0 Å². The summed E-state index contributed by atoms with van der Waals surface area (Å²) in [5.41, 5.74) is 0.799. The molecule has 0 fully saturated rings. The van der Waals surface area contributed by atoms with Gasteiger partial charge >= 0.3 is 11.8 Å². The predicted octanol–water partition coefficient (Wildman–Crippen LogP) is 0.622. The van der Waals surface area contributed by atoms with Gasteiger partial charge in [0.05, 0.1) is 14.2 Å². The zero-order valence-corrected chi connectivity index (χ0v) is 11.6. The van der Waals surface area contributed by atoms with Crippen LogP contribution in [-0.2, 0) is 16.1 Å². The Balaban J connectivity index is 2.59. The maximum atomic E-state index is 11.5. The van der Waals surface area contributed by atoms with Crippen molar-refractivity contribution in [1.82, 2.24) is 10.6 Å². The van der Waals surface area contributed by atoms with Crippen LogP contribution in [0.1, 0.15) is 5.56 Å². The minimum atomic E-state index is -0.693. The van der Waals surface area contributed by atoms with Crippen molar-refractivity contribution in [2.75, 3.05) is 20.8 Å². The molecule has 0 heterocycles. The van der Waals surface area contributed by atoms with Gasteiger partial charge in [0, 0.05) is 13.1 Å². The quantitative estimate of drug-likeness (QED) is 0.591. The molecule has 0 aliphatic rings. The van der Waals surface area contributed by atoms with Crippen LogP contribution in [0, 0.1) is 0 Å². The first-order valence-corrected chi connectivity index (χ1v) is 6.00. The first-order valence-electron chi connectivity index (χ1n) is 6.00. The van der Waals surface area contributed by atoms with Crippen LogP contribution in [0.2, 0.25) is 0 Å². The molecule has 0 aromatic heterocycles. The van der Waals surface area contributed by atoms with Gasteiger partial charge in [-0.2, -0.15) is 0 Å². The van der Waals surface area contributed by atoms with Crippen LogP contribution in [0.15, 0.2) is 30.9 Å². The van der Waals surface area contributed by atoms with Crippen molar-refractivity contribution in [3.8, 4) is 11.5 Å². The molecule has 2 amide bonds. The molecule has 1 aromatic carbocycles. The van der Waals surface area contributed by atoms with E-state index in [2.05, 4.69) is 17.2 Å². The Kier molecular flexibility index (Phi) is 6.09. The maximum Gasteiger partial charge on any atom is 0.309 e. The van der Waals surface area contributed by atoms with Crippen LogP contribution >= 0.6 is 0 Å². The Morgan fingerprint density at radius 1 is 1.15 bits per heavy atom. The standard InChI is InChI=1S/C14H18N2O4/c1-4-7-15-13(17)14(18)16-9-10-5-6-11(19-2)12(8-10)20-3/h4-6,8H,1,7,9H2,2-3H3,(H,15,17)(H,16,18). The molecule has 2 N–H and O–H groups in total. The number of rotatable bonds is 6. The average Bonchev–Trinajstić information content (AvgIpc) is 2.49. The zero-order chi connectivity index (χ0) is 15.0. The number of nitrogens with one attached hydrogen (secondary N) is 2. The maximum absolute atomic E-state index is 11.5. The topological polar surface area (TPSA) is 76.7 Å². The molecule has 6 nitrogen and oxygen atoms in total. The summed E-state index contributed by atoms with van der Waals surface area (Å²) in [7, 11) is 3.08. The van der Waals surface area contributed by atoms with E-state index in [-0.39, 0.29) is 13.1 Å². The molecule has 0 saturated carbocycles. The number of benzene rings is 1. The lowest BCUT2D eigenvalue weighted by Crippen LogP contribution is -2.39. The van der Waals surface area contributed by atoms with Crippen LogP contribution in [0.5, 0.6) is 11.5 Å². The Labute approximate surface area is 117 Å². The average molecular weight is 278 g/mol. The third kappa shape index (κ3) is 4.31. The van der Waals surface area contributed by atoms with Gasteiger partial charge in [0.15, 0.2) is 11.5 Å². The van der Waals surface area contributed by atoms with Crippen molar-refractivity contribution >= 4 is 11.8 Å². The van der Waals surface area contributed by atoms with Gasteiger partial charge in [0.2, 0.25) is 0 Å². The van der Waals surface area contributed by atoms with Gasteiger partial charge in [-0.25, -0.2) is 0 Å². The highest BCUT2D eigenvalue weighted by Crippen LogP contribution is 2.27. The van der Waals surface area contributed by atoms with Crippen LogP contribution in [0.3, 0.4) is 0 Å². The highest BCUT2D eigenvalue weighted by atomic mass is 16.5. The number of methoxy groups -OCH3 is 2. The number of carbonyl (C=O) groups excluding carboxylic acids is 2. The lowest BCUT2D eigenvalue weighted by Gasteiger charge is -2.10. The molecule has 1 rings (SSSR count). The van der Waals surface area contributed by atoms with Gasteiger partial charge in [0.25, 0.3) is 0 Å². The Morgan fingerprint density at radius 2 is 1.80 bits per heavy atom. The summed E-state index contributed by atoms with van der Waals surface area (Å²) in [5.74, 6) is -0.214. The van der Waals surface area contributed by atoms with E-state index < -0.39 is 11.8 Å². The molecule has 20 heavy (non-hydrogen) atoms. The number of ether oxygens (including phenoxy) is 2. The third-order valence-corrected chi connectivity index (χ3v) is 2.51. The van der Waals surface area contributed by atoms with E-state index in [1.807, 2.05) is 0 Å². The van der Waals surface area contributed by atoms with Crippen molar-refractivity contribution < 1.29 is 19.1 Å². The van der Waals surface area contributed by atoms with Crippen molar-refractivity contribution in [1.29, 1.82) is 0 Å². The lowest BCUT2D eigenvalue weighted by molar-refractivity contribution is -0.139. The van der Waals surface area contributed by atoms with Crippen LogP contribution < -0.4 is 20.1 Å². The largest absolute Gasteiger partial charge is 0.493 e. The van der Waals surface area contributed by atoms with E-state index in [4.69, 9.17) is 9.47 Å². The summed E-state index contributed by atoms with van der Waals surface area (Å²) < 4.78 is 10.3. The molecule has 1 aromatic rings. The molecule has 6 heteroatoms. The van der Waals surface area contributed by atoms with Gasteiger partial charge in [0.1, 0.15) is 0 Å². The number of hydrogen-bond donors (Lipinski definition) is 2. The van der Waals surface area contributed by atoms with Gasteiger partial charge in [-0.05, 0) is 17.7 Å². The Bertz CT molecular complexity index is 500. The fourth-order valence-electron chi connectivity index (χ4n) is 1.50. The van der Waals surface area contributed by atoms with Crippen LogP contribution in [-0.4, -0.2) is 32.6 Å². The SMILES string of the molecule is C=CCNC(=O)C(=O)NCc1ccc(OC)c(OC)c1. The molecule has 0 unspecified atom stereocenters. The second-order valence-corrected chi connectivity index (χ2v) is 3.87. The summed E-state index contributed by atoms with van der Waals surface area (Å²) in [6.45, 7) is 3.92. The molecule has 0 saturated heterocycles. The second-order valence-electron chi connectivity index (χ2n) is 3.87. The van der Waals surface area contributed by atoms with Gasteiger partial charge in [-0.15, -0.1) is 6.58 Å². The van der Waals surface area contributed by atoms with E-state index >= 15 is 0 Å². The minimum absolute atomic E-state index is 0.223. The fraction of sp³-hybridized carbons (Fsp3) is 0.286. The molecule has 0 aliphatic heterocycles. The van der Waals surface area contributed by atoms with Gasteiger partial charge in [-0.3, -0.25) is 9.59 Å². The highest BCUT2D eigenvalue weighted by molar-refractivity contribution is 6.35. The molecular formula is C14H18N2O4. The molecule has 108 valence electrons. The highest BCUT2D eigenvalue weighted by Gasteiger charge is 2.12. The molecule has 0 aliphatic carbocycles. The van der Waals surface area contributed by atoms with E-state index in [0.717, 1.165) is 5.56 Å². The third-order valence-electron chi connectivity index (χ3n) is 2.51. The number of carbonyl (C=O) groups is 2. The monoisotopic (exact) mass is 278 g/mol. The summed E-state index contributed by atoms with van der Waals surface area (Å²) >= 11 is 0. The van der Waals surface area contributed by atoms with Crippen molar-refractivity contribution in [2.24, 2.45) is 0 Å². The number of amides is 2. The van der Waals surface area contributed by atoms with Crippen molar-refractivity contribution in [2.45, 2.75) is 6.54 Å². The van der Waals surface area contributed by atoms with E-state index in [0.29, 0.717) is 11.5 Å². The van der Waals surface area contributed by atoms with E-state index in [1.54, 1.807) is 25.3 Å². The zero-order valence-electron chi connectivity index (χ0n) is 11.6. The molecule has 0 bridgehead atoms. The normalized spacial score (nSPS) is 9.50. The first kappa shape index (κ1) is 15.6.